The third-order valence-electron chi connectivity index (χ3n) is 2.54. The fourth-order valence-corrected chi connectivity index (χ4v) is 3.31. The van der Waals surface area contributed by atoms with Crippen molar-refractivity contribution in [3.63, 3.8) is 0 Å². The van der Waals surface area contributed by atoms with Crippen LogP contribution in [0.4, 0.5) is 0 Å². The van der Waals surface area contributed by atoms with E-state index >= 15 is 0 Å². The predicted molar refractivity (Wildman–Crippen MR) is 69.9 cm³/mol. The number of carboxylic acids is 1. The molecule has 0 spiro atoms. The fourth-order valence-electron chi connectivity index (χ4n) is 1.75. The van der Waals surface area contributed by atoms with Crippen molar-refractivity contribution >= 4 is 33.2 Å². The molecule has 0 aromatic carbocycles. The first-order valence-electron chi connectivity index (χ1n) is 5.29. The summed E-state index contributed by atoms with van der Waals surface area (Å²) < 4.78 is 1.05. The van der Waals surface area contributed by atoms with E-state index in [4.69, 9.17) is 5.11 Å². The lowest BCUT2D eigenvalue weighted by atomic mass is 10.1. The van der Waals surface area contributed by atoms with E-state index in [0.717, 1.165) is 21.8 Å². The highest BCUT2D eigenvalue weighted by atomic mass is 79.9. The van der Waals surface area contributed by atoms with Crippen LogP contribution in [-0.2, 0) is 4.79 Å². The summed E-state index contributed by atoms with van der Waals surface area (Å²) >= 11 is 5.02. The lowest BCUT2D eigenvalue weighted by molar-refractivity contribution is -0.138. The molecular weight excluding hydrogens is 290 g/mol. The van der Waals surface area contributed by atoms with E-state index in [-0.39, 0.29) is 12.5 Å². The number of nitrogens with zero attached hydrogens (tertiary/aromatic N) is 1. The molecule has 0 amide bonds. The summed E-state index contributed by atoms with van der Waals surface area (Å²) in [5.74, 6) is -0.749. The van der Waals surface area contributed by atoms with Crippen LogP contribution in [0.5, 0.6) is 0 Å². The molecule has 1 aromatic rings. The number of thiophene rings is 1. The van der Waals surface area contributed by atoms with E-state index in [0.29, 0.717) is 0 Å². The van der Waals surface area contributed by atoms with Crippen molar-refractivity contribution in [1.29, 1.82) is 0 Å². The van der Waals surface area contributed by atoms with E-state index in [1.54, 1.807) is 11.3 Å². The molecule has 0 aliphatic heterocycles. The Balaban J connectivity index is 2.90. The van der Waals surface area contributed by atoms with Gasteiger partial charge in [-0.05, 0) is 41.2 Å². The summed E-state index contributed by atoms with van der Waals surface area (Å²) in [6.07, 6.45) is 0.161. The summed E-state index contributed by atoms with van der Waals surface area (Å²) in [7, 11) is 0. The lowest BCUT2D eigenvalue weighted by Gasteiger charge is -2.27. The van der Waals surface area contributed by atoms with E-state index in [9.17, 15) is 4.79 Å². The molecular formula is C11H16BrNO2S. The van der Waals surface area contributed by atoms with Gasteiger partial charge in [-0.15, -0.1) is 11.3 Å². The second-order valence-electron chi connectivity index (χ2n) is 3.48. The lowest BCUT2D eigenvalue weighted by Crippen LogP contribution is -2.29. The summed E-state index contributed by atoms with van der Waals surface area (Å²) in [5.41, 5.74) is 0. The van der Waals surface area contributed by atoms with Crippen LogP contribution in [0.2, 0.25) is 0 Å². The Labute approximate surface area is 108 Å². The highest BCUT2D eigenvalue weighted by Gasteiger charge is 2.22. The molecule has 90 valence electrons. The van der Waals surface area contributed by atoms with Crippen LogP contribution in [0.15, 0.2) is 15.9 Å². The summed E-state index contributed by atoms with van der Waals surface area (Å²) in [6, 6.07) is 3.96. The number of hydrogen-bond donors (Lipinski definition) is 1. The van der Waals surface area contributed by atoms with Crippen LogP contribution in [0.1, 0.15) is 31.2 Å². The minimum atomic E-state index is -0.749. The fraction of sp³-hybridized carbons (Fsp3) is 0.545. The van der Waals surface area contributed by atoms with Gasteiger partial charge < -0.3 is 5.11 Å². The van der Waals surface area contributed by atoms with Crippen molar-refractivity contribution < 1.29 is 9.90 Å². The topological polar surface area (TPSA) is 40.5 Å². The number of hydrogen-bond acceptors (Lipinski definition) is 3. The minimum absolute atomic E-state index is 0.0104. The Bertz CT molecular complexity index is 350. The molecule has 16 heavy (non-hydrogen) atoms. The molecule has 0 fully saturated rings. The maximum absolute atomic E-state index is 10.9. The maximum atomic E-state index is 10.9. The number of aliphatic carboxylic acids is 1. The summed E-state index contributed by atoms with van der Waals surface area (Å²) in [5, 5.41) is 8.96. The van der Waals surface area contributed by atoms with Gasteiger partial charge in [-0.2, -0.15) is 0 Å². The molecule has 1 rings (SSSR count). The standard InChI is InChI=1S/C11H16BrNO2S/c1-3-13(4-2)8(7-11(14)15)9-5-6-10(12)16-9/h5-6,8H,3-4,7H2,1-2H3,(H,14,15). The molecule has 0 saturated carbocycles. The largest absolute Gasteiger partial charge is 0.481 e. The number of halogens is 1. The van der Waals surface area contributed by atoms with Crippen LogP contribution < -0.4 is 0 Å². The smallest absolute Gasteiger partial charge is 0.305 e. The van der Waals surface area contributed by atoms with Gasteiger partial charge in [-0.3, -0.25) is 9.69 Å². The Kier molecular flexibility index (Phi) is 5.44. The summed E-state index contributed by atoms with van der Waals surface area (Å²) in [4.78, 5) is 14.2. The second-order valence-corrected chi connectivity index (χ2v) is 5.97. The third kappa shape index (κ3) is 3.57. The van der Waals surface area contributed by atoms with Crippen molar-refractivity contribution in [3.05, 3.63) is 20.8 Å². The average Bonchev–Trinajstić information content (AvgIpc) is 2.64. The van der Waals surface area contributed by atoms with Crippen molar-refractivity contribution in [2.45, 2.75) is 26.3 Å². The van der Waals surface area contributed by atoms with E-state index in [2.05, 4.69) is 34.7 Å². The zero-order valence-electron chi connectivity index (χ0n) is 9.44. The number of carboxylic acid groups (broad SMARTS) is 1. The molecule has 0 aliphatic carbocycles. The molecule has 0 saturated heterocycles. The van der Waals surface area contributed by atoms with Crippen molar-refractivity contribution in [2.24, 2.45) is 0 Å². The van der Waals surface area contributed by atoms with Gasteiger partial charge in [0.25, 0.3) is 0 Å². The first-order valence-corrected chi connectivity index (χ1v) is 6.90. The first kappa shape index (κ1) is 13.7. The molecule has 0 bridgehead atoms. The second kappa shape index (κ2) is 6.37. The van der Waals surface area contributed by atoms with Gasteiger partial charge in [-0.25, -0.2) is 0 Å². The molecule has 0 aliphatic rings. The quantitative estimate of drug-likeness (QED) is 0.876. The van der Waals surface area contributed by atoms with E-state index in [1.807, 2.05) is 12.1 Å². The predicted octanol–water partition coefficient (Wildman–Crippen LogP) is 3.37. The number of carbonyl (C=O) groups is 1. The molecule has 0 radical (unpaired) electrons. The molecule has 1 atom stereocenters. The molecule has 1 unspecified atom stereocenters. The van der Waals surface area contributed by atoms with Crippen molar-refractivity contribution in [1.82, 2.24) is 4.90 Å². The normalized spacial score (nSPS) is 13.0. The minimum Gasteiger partial charge on any atom is -0.481 e. The SMILES string of the molecule is CCN(CC)C(CC(=O)O)c1ccc(Br)s1. The Morgan fingerprint density at radius 3 is 2.50 bits per heavy atom. The third-order valence-corrected chi connectivity index (χ3v) is 4.27. The molecule has 1 N–H and O–H groups in total. The van der Waals surface area contributed by atoms with Crippen molar-refractivity contribution in [3.8, 4) is 0 Å². The van der Waals surface area contributed by atoms with Crippen LogP contribution in [-0.4, -0.2) is 29.1 Å². The monoisotopic (exact) mass is 305 g/mol. The molecule has 1 heterocycles. The average molecular weight is 306 g/mol. The van der Waals surface area contributed by atoms with E-state index in [1.165, 1.54) is 0 Å². The molecule has 1 aromatic heterocycles. The Morgan fingerprint density at radius 2 is 2.12 bits per heavy atom. The van der Waals surface area contributed by atoms with Crippen LogP contribution in [0.25, 0.3) is 0 Å². The zero-order chi connectivity index (χ0) is 12.1. The highest BCUT2D eigenvalue weighted by molar-refractivity contribution is 9.11. The van der Waals surface area contributed by atoms with E-state index < -0.39 is 5.97 Å². The van der Waals surface area contributed by atoms with Gasteiger partial charge in [0.15, 0.2) is 0 Å². The van der Waals surface area contributed by atoms with Gasteiger partial charge in [-0.1, -0.05) is 13.8 Å². The molecule has 5 heteroatoms. The van der Waals surface area contributed by atoms with Gasteiger partial charge in [0.1, 0.15) is 0 Å². The Hall–Kier alpha value is -0.390. The Morgan fingerprint density at radius 1 is 1.50 bits per heavy atom. The van der Waals surface area contributed by atoms with Crippen LogP contribution in [0, 0.1) is 0 Å². The molecule has 3 nitrogen and oxygen atoms in total. The number of rotatable bonds is 6. The first-order chi connectivity index (χ1) is 7.58. The van der Waals surface area contributed by atoms with Crippen LogP contribution in [0.3, 0.4) is 0 Å². The maximum Gasteiger partial charge on any atom is 0.305 e. The highest BCUT2D eigenvalue weighted by Crippen LogP contribution is 2.32. The van der Waals surface area contributed by atoms with Gasteiger partial charge in [0.05, 0.1) is 16.2 Å². The van der Waals surface area contributed by atoms with Gasteiger partial charge in [0, 0.05) is 4.88 Å². The van der Waals surface area contributed by atoms with Crippen LogP contribution >= 0.6 is 27.3 Å². The summed E-state index contributed by atoms with van der Waals surface area (Å²) in [6.45, 7) is 5.84. The van der Waals surface area contributed by atoms with Crippen molar-refractivity contribution in [2.75, 3.05) is 13.1 Å². The van der Waals surface area contributed by atoms with Gasteiger partial charge in [0.2, 0.25) is 0 Å². The zero-order valence-corrected chi connectivity index (χ0v) is 11.8. The van der Waals surface area contributed by atoms with Gasteiger partial charge >= 0.3 is 5.97 Å².